The zero-order chi connectivity index (χ0) is 15.9. The van der Waals surface area contributed by atoms with Gasteiger partial charge >= 0.3 is 0 Å². The molecule has 0 aromatic heterocycles. The molecule has 0 aliphatic carbocycles. The Kier molecular flexibility index (Phi) is 4.22. The van der Waals surface area contributed by atoms with Crippen LogP contribution >= 0.6 is 15.9 Å². The highest BCUT2D eigenvalue weighted by atomic mass is 79.9. The SMILES string of the molecule is CC(C(O)c1ccc2cc(Br)c3ccccc3c2c1)N(C)C. The van der Waals surface area contributed by atoms with E-state index in [1.165, 1.54) is 21.5 Å². The van der Waals surface area contributed by atoms with Gasteiger partial charge in [-0.3, -0.25) is 0 Å². The van der Waals surface area contributed by atoms with E-state index < -0.39 is 6.10 Å². The van der Waals surface area contributed by atoms with Crippen LogP contribution in [0.1, 0.15) is 18.6 Å². The van der Waals surface area contributed by atoms with Gasteiger partial charge < -0.3 is 10.0 Å². The van der Waals surface area contributed by atoms with E-state index in [1.807, 2.05) is 38.1 Å². The summed E-state index contributed by atoms with van der Waals surface area (Å²) in [6.07, 6.45) is -0.498. The summed E-state index contributed by atoms with van der Waals surface area (Å²) >= 11 is 3.65. The summed E-state index contributed by atoms with van der Waals surface area (Å²) in [6, 6.07) is 16.8. The number of rotatable bonds is 3. The second-order valence-corrected chi connectivity index (χ2v) is 6.89. The third-order valence-electron chi connectivity index (χ3n) is 4.45. The fraction of sp³-hybridized carbons (Fsp3) is 0.263. The van der Waals surface area contributed by atoms with E-state index in [0.717, 1.165) is 10.0 Å². The first-order chi connectivity index (χ1) is 10.5. The first kappa shape index (κ1) is 15.5. The molecule has 114 valence electrons. The standard InChI is InChI=1S/C19H20BrNO/c1-12(21(2)3)19(22)14-9-8-13-11-18(20)16-7-5-4-6-15(16)17(13)10-14/h4-12,19,22H,1-3H3. The topological polar surface area (TPSA) is 23.5 Å². The van der Waals surface area contributed by atoms with Crippen molar-refractivity contribution in [1.82, 2.24) is 4.90 Å². The Bertz CT molecular complexity index is 828. The van der Waals surface area contributed by atoms with Crippen molar-refractivity contribution in [3.05, 3.63) is 58.6 Å². The van der Waals surface area contributed by atoms with E-state index in [0.29, 0.717) is 0 Å². The molecule has 3 heteroatoms. The third kappa shape index (κ3) is 2.65. The van der Waals surface area contributed by atoms with Crippen molar-refractivity contribution in [2.75, 3.05) is 14.1 Å². The fourth-order valence-electron chi connectivity index (χ4n) is 2.82. The molecule has 2 unspecified atom stereocenters. The smallest absolute Gasteiger partial charge is 0.0942 e. The summed E-state index contributed by atoms with van der Waals surface area (Å²) in [6.45, 7) is 2.04. The van der Waals surface area contributed by atoms with E-state index in [2.05, 4.69) is 52.3 Å². The predicted octanol–water partition coefficient (Wildman–Crippen LogP) is 4.74. The molecule has 0 amide bonds. The summed E-state index contributed by atoms with van der Waals surface area (Å²) < 4.78 is 1.10. The van der Waals surface area contributed by atoms with Gasteiger partial charge in [0.2, 0.25) is 0 Å². The van der Waals surface area contributed by atoms with Crippen molar-refractivity contribution in [2.45, 2.75) is 19.1 Å². The van der Waals surface area contributed by atoms with Gasteiger partial charge in [0.15, 0.2) is 0 Å². The lowest BCUT2D eigenvalue weighted by molar-refractivity contribution is 0.0860. The van der Waals surface area contributed by atoms with Crippen molar-refractivity contribution in [3.63, 3.8) is 0 Å². The van der Waals surface area contributed by atoms with Gasteiger partial charge in [0.1, 0.15) is 0 Å². The molecule has 0 bridgehead atoms. The summed E-state index contributed by atoms with van der Waals surface area (Å²) in [5, 5.41) is 15.4. The van der Waals surface area contributed by atoms with Crippen LogP contribution < -0.4 is 0 Å². The van der Waals surface area contributed by atoms with Crippen molar-refractivity contribution in [1.29, 1.82) is 0 Å². The first-order valence-electron chi connectivity index (χ1n) is 7.44. The minimum absolute atomic E-state index is 0.0687. The van der Waals surface area contributed by atoms with Crippen LogP contribution in [0.5, 0.6) is 0 Å². The monoisotopic (exact) mass is 357 g/mol. The molecule has 3 aromatic carbocycles. The Morgan fingerprint density at radius 1 is 0.955 bits per heavy atom. The van der Waals surface area contributed by atoms with E-state index in [1.54, 1.807) is 0 Å². The lowest BCUT2D eigenvalue weighted by atomic mass is 9.96. The predicted molar refractivity (Wildman–Crippen MR) is 97.3 cm³/mol. The Hall–Kier alpha value is -1.42. The number of benzene rings is 3. The Labute approximate surface area is 139 Å². The van der Waals surface area contributed by atoms with Gasteiger partial charge in [0, 0.05) is 10.5 Å². The van der Waals surface area contributed by atoms with Crippen LogP contribution in [-0.4, -0.2) is 30.1 Å². The molecule has 0 aliphatic heterocycles. The largest absolute Gasteiger partial charge is 0.387 e. The molecule has 0 saturated carbocycles. The Morgan fingerprint density at radius 2 is 1.64 bits per heavy atom. The van der Waals surface area contributed by atoms with Gasteiger partial charge in [-0.25, -0.2) is 0 Å². The highest BCUT2D eigenvalue weighted by molar-refractivity contribution is 9.10. The van der Waals surface area contributed by atoms with Gasteiger partial charge in [0.05, 0.1) is 6.10 Å². The number of aliphatic hydroxyl groups is 1. The molecule has 0 heterocycles. The normalized spacial score (nSPS) is 14.6. The number of hydrogen-bond acceptors (Lipinski definition) is 2. The molecule has 0 radical (unpaired) electrons. The van der Waals surface area contributed by atoms with Crippen molar-refractivity contribution >= 4 is 37.5 Å². The molecule has 1 N–H and O–H groups in total. The lowest BCUT2D eigenvalue weighted by Gasteiger charge is -2.25. The van der Waals surface area contributed by atoms with Gasteiger partial charge in [0.25, 0.3) is 0 Å². The summed E-state index contributed by atoms with van der Waals surface area (Å²) in [5.74, 6) is 0. The minimum Gasteiger partial charge on any atom is -0.387 e. The molecular formula is C19H20BrNO. The second kappa shape index (κ2) is 5.99. The quantitative estimate of drug-likeness (QED) is 0.684. The second-order valence-electron chi connectivity index (χ2n) is 6.03. The number of hydrogen-bond donors (Lipinski definition) is 1. The average Bonchev–Trinajstić information content (AvgIpc) is 2.53. The summed E-state index contributed by atoms with van der Waals surface area (Å²) in [4.78, 5) is 2.04. The van der Waals surface area contributed by atoms with E-state index in [9.17, 15) is 5.11 Å². The van der Waals surface area contributed by atoms with Crippen LogP contribution in [0.15, 0.2) is 53.0 Å². The van der Waals surface area contributed by atoms with Crippen LogP contribution in [-0.2, 0) is 0 Å². The zero-order valence-corrected chi connectivity index (χ0v) is 14.6. The molecule has 2 nitrogen and oxygen atoms in total. The van der Waals surface area contributed by atoms with Crippen LogP contribution in [0.2, 0.25) is 0 Å². The number of halogens is 1. The fourth-order valence-corrected chi connectivity index (χ4v) is 3.41. The molecule has 22 heavy (non-hydrogen) atoms. The van der Waals surface area contributed by atoms with Crippen molar-refractivity contribution in [2.24, 2.45) is 0 Å². The minimum atomic E-state index is -0.498. The van der Waals surface area contributed by atoms with Crippen molar-refractivity contribution in [3.8, 4) is 0 Å². The summed E-state index contributed by atoms with van der Waals surface area (Å²) in [5.41, 5.74) is 0.959. The van der Waals surface area contributed by atoms with Crippen molar-refractivity contribution < 1.29 is 5.11 Å². The average molecular weight is 358 g/mol. The van der Waals surface area contributed by atoms with Crippen LogP contribution in [0, 0.1) is 0 Å². The molecule has 0 spiro atoms. The van der Waals surface area contributed by atoms with Gasteiger partial charge in [-0.15, -0.1) is 0 Å². The maximum atomic E-state index is 10.6. The van der Waals surface area contributed by atoms with Gasteiger partial charge in [-0.05, 0) is 60.3 Å². The highest BCUT2D eigenvalue weighted by Gasteiger charge is 2.18. The maximum absolute atomic E-state index is 10.6. The molecule has 0 fully saturated rings. The van der Waals surface area contributed by atoms with E-state index >= 15 is 0 Å². The maximum Gasteiger partial charge on any atom is 0.0942 e. The Morgan fingerprint density at radius 3 is 2.32 bits per heavy atom. The van der Waals surface area contributed by atoms with E-state index in [-0.39, 0.29) is 6.04 Å². The number of likely N-dealkylation sites (N-methyl/N-ethyl adjacent to an activating group) is 1. The van der Waals surface area contributed by atoms with Crippen LogP contribution in [0.4, 0.5) is 0 Å². The molecule has 3 aromatic rings. The van der Waals surface area contributed by atoms with Gasteiger partial charge in [-0.1, -0.05) is 52.3 Å². The molecule has 3 rings (SSSR count). The molecule has 0 saturated heterocycles. The zero-order valence-electron chi connectivity index (χ0n) is 13.0. The van der Waals surface area contributed by atoms with Gasteiger partial charge in [-0.2, -0.15) is 0 Å². The third-order valence-corrected chi connectivity index (χ3v) is 5.10. The molecule has 2 atom stereocenters. The number of aliphatic hydroxyl groups excluding tert-OH is 1. The Balaban J connectivity index is 2.21. The number of fused-ring (bicyclic) bond motifs is 3. The lowest BCUT2D eigenvalue weighted by Crippen LogP contribution is -2.30. The first-order valence-corrected chi connectivity index (χ1v) is 8.23. The molecular weight excluding hydrogens is 338 g/mol. The number of nitrogens with zero attached hydrogens (tertiary/aromatic N) is 1. The van der Waals surface area contributed by atoms with Crippen LogP contribution in [0.3, 0.4) is 0 Å². The highest BCUT2D eigenvalue weighted by Crippen LogP contribution is 2.33. The summed E-state index contributed by atoms with van der Waals surface area (Å²) in [7, 11) is 3.98. The molecule has 0 aliphatic rings. The van der Waals surface area contributed by atoms with Crippen LogP contribution in [0.25, 0.3) is 21.5 Å². The van der Waals surface area contributed by atoms with E-state index in [4.69, 9.17) is 0 Å².